The average Bonchev–Trinajstić information content (AvgIpc) is 3.12. The first-order chi connectivity index (χ1) is 9.04. The molecule has 1 atom stereocenters. The van der Waals surface area contributed by atoms with Crippen LogP contribution in [0.15, 0.2) is 24.3 Å². The van der Waals surface area contributed by atoms with Crippen molar-refractivity contribution < 1.29 is 18.7 Å². The summed E-state index contributed by atoms with van der Waals surface area (Å²) in [5, 5.41) is 2.76. The van der Waals surface area contributed by atoms with Crippen LogP contribution in [0.25, 0.3) is 0 Å². The summed E-state index contributed by atoms with van der Waals surface area (Å²) in [4.78, 5) is 23.2. The lowest BCUT2D eigenvalue weighted by Crippen LogP contribution is -2.37. The molecule has 1 fully saturated rings. The van der Waals surface area contributed by atoms with Crippen LogP contribution in [0.3, 0.4) is 0 Å². The minimum atomic E-state index is -0.818. The van der Waals surface area contributed by atoms with E-state index in [0.29, 0.717) is 5.56 Å². The van der Waals surface area contributed by atoms with E-state index in [1.807, 2.05) is 0 Å². The Balaban J connectivity index is 1.81. The van der Waals surface area contributed by atoms with E-state index in [1.54, 1.807) is 6.07 Å². The van der Waals surface area contributed by atoms with Crippen LogP contribution in [-0.4, -0.2) is 24.0 Å². The smallest absolute Gasteiger partial charge is 0.311 e. The molecule has 1 aromatic carbocycles. The fourth-order valence-electron chi connectivity index (χ4n) is 1.65. The number of halogens is 1. The van der Waals surface area contributed by atoms with Gasteiger partial charge in [0, 0.05) is 6.04 Å². The summed E-state index contributed by atoms with van der Waals surface area (Å²) < 4.78 is 18.0. The van der Waals surface area contributed by atoms with Gasteiger partial charge in [0.05, 0.1) is 6.42 Å². The van der Waals surface area contributed by atoms with Crippen molar-refractivity contribution >= 4 is 11.9 Å². The van der Waals surface area contributed by atoms with Crippen LogP contribution in [-0.2, 0) is 20.7 Å². The van der Waals surface area contributed by atoms with Gasteiger partial charge in [0.25, 0.3) is 5.91 Å². The first-order valence-corrected chi connectivity index (χ1v) is 6.29. The highest BCUT2D eigenvalue weighted by Crippen LogP contribution is 2.18. The van der Waals surface area contributed by atoms with E-state index in [-0.39, 0.29) is 18.4 Å². The summed E-state index contributed by atoms with van der Waals surface area (Å²) in [6.45, 7) is 1.53. The minimum absolute atomic E-state index is 0.0428. The third-order valence-corrected chi connectivity index (χ3v) is 2.84. The standard InChI is InChI=1S/C14H16FNO3/c1-9(14(18)16-12-5-6-12)19-13(17)8-10-3-2-4-11(15)7-10/h2-4,7,9,12H,5-6,8H2,1H3,(H,16,18)/t9-/m0/s1. The molecule has 19 heavy (non-hydrogen) atoms. The molecular weight excluding hydrogens is 249 g/mol. The molecule has 5 heteroatoms. The second-order valence-electron chi connectivity index (χ2n) is 4.72. The number of hydrogen-bond donors (Lipinski definition) is 1. The second-order valence-corrected chi connectivity index (χ2v) is 4.72. The van der Waals surface area contributed by atoms with Crippen molar-refractivity contribution in [2.45, 2.75) is 38.3 Å². The molecule has 0 aliphatic heterocycles. The predicted molar refractivity (Wildman–Crippen MR) is 66.8 cm³/mol. The molecule has 0 unspecified atom stereocenters. The zero-order valence-electron chi connectivity index (χ0n) is 10.7. The number of benzene rings is 1. The Labute approximate surface area is 110 Å². The van der Waals surface area contributed by atoms with Gasteiger partial charge in [0.2, 0.25) is 0 Å². The SMILES string of the molecule is C[C@H](OC(=O)Cc1cccc(F)c1)C(=O)NC1CC1. The van der Waals surface area contributed by atoms with Crippen molar-refractivity contribution in [1.29, 1.82) is 0 Å². The molecule has 0 radical (unpaired) electrons. The lowest BCUT2D eigenvalue weighted by Gasteiger charge is -2.13. The van der Waals surface area contributed by atoms with Gasteiger partial charge in [-0.15, -0.1) is 0 Å². The summed E-state index contributed by atoms with van der Waals surface area (Å²) in [5.74, 6) is -1.22. The Bertz CT molecular complexity index is 485. The molecular formula is C14H16FNO3. The molecule has 1 saturated carbocycles. The summed E-state index contributed by atoms with van der Waals surface area (Å²) >= 11 is 0. The molecule has 1 N–H and O–H groups in total. The number of hydrogen-bond acceptors (Lipinski definition) is 3. The molecule has 0 heterocycles. The maximum absolute atomic E-state index is 12.9. The highest BCUT2D eigenvalue weighted by Gasteiger charge is 2.27. The van der Waals surface area contributed by atoms with E-state index in [9.17, 15) is 14.0 Å². The van der Waals surface area contributed by atoms with E-state index in [2.05, 4.69) is 5.32 Å². The highest BCUT2D eigenvalue weighted by molar-refractivity contribution is 5.84. The van der Waals surface area contributed by atoms with Crippen LogP contribution >= 0.6 is 0 Å². The van der Waals surface area contributed by atoms with Gasteiger partial charge in [0.1, 0.15) is 5.82 Å². The summed E-state index contributed by atoms with van der Waals surface area (Å²) in [6, 6.07) is 5.98. The summed E-state index contributed by atoms with van der Waals surface area (Å²) in [6.07, 6.45) is 1.10. The van der Waals surface area contributed by atoms with Gasteiger partial charge in [-0.2, -0.15) is 0 Å². The number of amides is 1. The molecule has 1 amide bonds. The maximum atomic E-state index is 12.9. The molecule has 0 bridgehead atoms. The Morgan fingerprint density at radius 3 is 2.84 bits per heavy atom. The number of esters is 1. The largest absolute Gasteiger partial charge is 0.452 e. The fourth-order valence-corrected chi connectivity index (χ4v) is 1.65. The minimum Gasteiger partial charge on any atom is -0.452 e. The number of nitrogens with one attached hydrogen (secondary N) is 1. The Morgan fingerprint density at radius 1 is 1.47 bits per heavy atom. The molecule has 0 saturated heterocycles. The van der Waals surface area contributed by atoms with E-state index < -0.39 is 17.9 Å². The monoisotopic (exact) mass is 265 g/mol. The van der Waals surface area contributed by atoms with Gasteiger partial charge in [-0.25, -0.2) is 4.39 Å². The van der Waals surface area contributed by atoms with E-state index in [4.69, 9.17) is 4.74 Å². The van der Waals surface area contributed by atoms with Crippen molar-refractivity contribution in [3.8, 4) is 0 Å². The van der Waals surface area contributed by atoms with Crippen molar-refractivity contribution in [3.63, 3.8) is 0 Å². The van der Waals surface area contributed by atoms with Crippen LogP contribution in [0.5, 0.6) is 0 Å². The van der Waals surface area contributed by atoms with Crippen LogP contribution < -0.4 is 5.32 Å². The van der Waals surface area contributed by atoms with Crippen LogP contribution in [0, 0.1) is 5.82 Å². The van der Waals surface area contributed by atoms with Crippen molar-refractivity contribution in [3.05, 3.63) is 35.6 Å². The number of rotatable bonds is 5. The van der Waals surface area contributed by atoms with Gasteiger partial charge in [-0.1, -0.05) is 12.1 Å². The van der Waals surface area contributed by atoms with Crippen molar-refractivity contribution in [1.82, 2.24) is 5.32 Å². The van der Waals surface area contributed by atoms with Gasteiger partial charge < -0.3 is 10.1 Å². The molecule has 1 aliphatic carbocycles. The third kappa shape index (κ3) is 4.35. The molecule has 1 aromatic rings. The third-order valence-electron chi connectivity index (χ3n) is 2.84. The van der Waals surface area contributed by atoms with Gasteiger partial charge in [0.15, 0.2) is 6.10 Å². The topological polar surface area (TPSA) is 55.4 Å². The first-order valence-electron chi connectivity index (χ1n) is 6.29. The summed E-state index contributed by atoms with van der Waals surface area (Å²) in [5.41, 5.74) is 0.528. The number of ether oxygens (including phenoxy) is 1. The highest BCUT2D eigenvalue weighted by atomic mass is 19.1. The van der Waals surface area contributed by atoms with E-state index >= 15 is 0 Å². The van der Waals surface area contributed by atoms with Crippen LogP contribution in [0.4, 0.5) is 4.39 Å². The van der Waals surface area contributed by atoms with Gasteiger partial charge in [-0.05, 0) is 37.5 Å². The normalized spacial score (nSPS) is 15.7. The number of carbonyl (C=O) groups excluding carboxylic acids is 2. The summed E-state index contributed by atoms with van der Waals surface area (Å²) in [7, 11) is 0. The molecule has 102 valence electrons. The van der Waals surface area contributed by atoms with Gasteiger partial charge in [-0.3, -0.25) is 9.59 Å². The maximum Gasteiger partial charge on any atom is 0.311 e. The molecule has 0 aromatic heterocycles. The lowest BCUT2D eigenvalue weighted by atomic mass is 10.1. The fraction of sp³-hybridized carbons (Fsp3) is 0.429. The predicted octanol–water partition coefficient (Wildman–Crippen LogP) is 1.58. The van der Waals surface area contributed by atoms with Crippen LogP contribution in [0.1, 0.15) is 25.3 Å². The quantitative estimate of drug-likeness (QED) is 0.822. The Morgan fingerprint density at radius 2 is 2.21 bits per heavy atom. The van der Waals surface area contributed by atoms with E-state index in [0.717, 1.165) is 12.8 Å². The molecule has 1 aliphatic rings. The Kier molecular flexibility index (Phi) is 4.14. The lowest BCUT2D eigenvalue weighted by molar-refractivity contribution is -0.154. The Hall–Kier alpha value is -1.91. The second kappa shape index (κ2) is 5.82. The van der Waals surface area contributed by atoms with Gasteiger partial charge >= 0.3 is 5.97 Å². The molecule has 0 spiro atoms. The number of carbonyl (C=O) groups is 2. The zero-order valence-corrected chi connectivity index (χ0v) is 10.7. The molecule has 2 rings (SSSR count). The van der Waals surface area contributed by atoms with Crippen LogP contribution in [0.2, 0.25) is 0 Å². The van der Waals surface area contributed by atoms with Crippen molar-refractivity contribution in [2.24, 2.45) is 0 Å². The van der Waals surface area contributed by atoms with Crippen molar-refractivity contribution in [2.75, 3.05) is 0 Å². The van der Waals surface area contributed by atoms with E-state index in [1.165, 1.54) is 25.1 Å². The zero-order chi connectivity index (χ0) is 13.8. The first kappa shape index (κ1) is 13.5. The molecule has 4 nitrogen and oxygen atoms in total. The average molecular weight is 265 g/mol.